The number of halogens is 1. The molecule has 5 nitrogen and oxygen atoms in total. The van der Waals surface area contributed by atoms with Gasteiger partial charge in [0.15, 0.2) is 0 Å². The van der Waals surface area contributed by atoms with Crippen molar-refractivity contribution in [3.05, 3.63) is 89.2 Å². The van der Waals surface area contributed by atoms with Crippen molar-refractivity contribution < 1.29 is 24.1 Å². The van der Waals surface area contributed by atoms with Crippen LogP contribution < -0.4 is 10.5 Å². The van der Waals surface area contributed by atoms with Gasteiger partial charge in [-0.25, -0.2) is 4.39 Å². The van der Waals surface area contributed by atoms with E-state index in [1.54, 1.807) is 60.7 Å². The second-order valence-electron chi connectivity index (χ2n) is 6.70. The van der Waals surface area contributed by atoms with Crippen LogP contribution in [0.25, 0.3) is 11.1 Å². The third kappa shape index (κ3) is 5.19. The summed E-state index contributed by atoms with van der Waals surface area (Å²) in [4.78, 5) is 11.0. The van der Waals surface area contributed by atoms with Gasteiger partial charge in [0.05, 0.1) is 19.1 Å². The molecule has 29 heavy (non-hydrogen) atoms. The van der Waals surface area contributed by atoms with Crippen LogP contribution in [0.3, 0.4) is 0 Å². The van der Waals surface area contributed by atoms with E-state index in [0.717, 1.165) is 5.56 Å². The monoisotopic (exact) mass is 395 g/mol. The van der Waals surface area contributed by atoms with Gasteiger partial charge < -0.3 is 20.7 Å². The highest BCUT2D eigenvalue weighted by Gasteiger charge is 2.12. The normalized spacial score (nSPS) is 11.8. The Morgan fingerprint density at radius 3 is 2.62 bits per heavy atom. The van der Waals surface area contributed by atoms with Crippen LogP contribution in [-0.2, 0) is 17.8 Å². The molecule has 6 heteroatoms. The van der Waals surface area contributed by atoms with E-state index in [1.165, 1.54) is 6.07 Å². The zero-order valence-electron chi connectivity index (χ0n) is 15.7. The van der Waals surface area contributed by atoms with Gasteiger partial charge in [-0.2, -0.15) is 0 Å². The summed E-state index contributed by atoms with van der Waals surface area (Å²) in [5.41, 5.74) is 8.95. The number of carboxylic acid groups (broad SMARTS) is 1. The van der Waals surface area contributed by atoms with Crippen molar-refractivity contribution in [1.29, 1.82) is 0 Å². The highest BCUT2D eigenvalue weighted by atomic mass is 19.1. The topological polar surface area (TPSA) is 92.8 Å². The maximum absolute atomic E-state index is 14.5. The molecule has 0 radical (unpaired) electrons. The second kappa shape index (κ2) is 9.32. The average Bonchev–Trinajstić information content (AvgIpc) is 2.73. The van der Waals surface area contributed by atoms with Crippen molar-refractivity contribution in [2.45, 2.75) is 19.1 Å². The van der Waals surface area contributed by atoms with E-state index < -0.39 is 12.0 Å². The molecule has 0 saturated heterocycles. The minimum atomic E-state index is -0.939. The van der Waals surface area contributed by atoms with Crippen molar-refractivity contribution >= 4 is 5.97 Å². The molecule has 3 aromatic rings. The molecule has 0 saturated carbocycles. The molecule has 1 unspecified atom stereocenters. The molecular weight excluding hydrogens is 373 g/mol. The van der Waals surface area contributed by atoms with Crippen LogP contribution in [0, 0.1) is 5.82 Å². The first-order chi connectivity index (χ1) is 14.0. The predicted molar refractivity (Wildman–Crippen MR) is 108 cm³/mol. The lowest BCUT2D eigenvalue weighted by Crippen LogP contribution is -2.14. The molecule has 0 amide bonds. The Bertz CT molecular complexity index is 1010. The molecule has 0 heterocycles. The van der Waals surface area contributed by atoms with Crippen molar-refractivity contribution in [2.75, 3.05) is 6.61 Å². The molecule has 1 atom stereocenters. The Morgan fingerprint density at radius 2 is 1.86 bits per heavy atom. The molecule has 3 aromatic carbocycles. The quantitative estimate of drug-likeness (QED) is 0.541. The highest BCUT2D eigenvalue weighted by molar-refractivity contribution is 5.71. The molecule has 0 spiro atoms. The van der Waals surface area contributed by atoms with Gasteiger partial charge in [0.1, 0.15) is 18.2 Å². The number of ether oxygens (including phenoxy) is 1. The van der Waals surface area contributed by atoms with E-state index in [4.69, 9.17) is 15.6 Å². The van der Waals surface area contributed by atoms with E-state index in [0.29, 0.717) is 28.0 Å². The Hall–Kier alpha value is -3.22. The smallest absolute Gasteiger partial charge is 0.307 e. The third-order valence-electron chi connectivity index (χ3n) is 4.56. The SMILES string of the molecule is NC(CO)c1cccc(-c2cc(COc3ccccc3CC(=O)O)ccc2F)c1. The standard InChI is InChI=1S/C23H22FNO4/c24-20-9-8-15(14-29-22-7-2-1-4-18(22)12-23(27)28)10-19(20)16-5-3-6-17(11-16)21(25)13-26/h1-11,21,26H,12-14,25H2,(H,27,28). The summed E-state index contributed by atoms with van der Waals surface area (Å²) in [6, 6.07) is 18.2. The fourth-order valence-electron chi connectivity index (χ4n) is 3.04. The van der Waals surface area contributed by atoms with Crippen molar-refractivity contribution in [3.63, 3.8) is 0 Å². The summed E-state index contributed by atoms with van der Waals surface area (Å²) in [7, 11) is 0. The number of aliphatic hydroxyl groups excluding tert-OH is 1. The maximum Gasteiger partial charge on any atom is 0.307 e. The van der Waals surface area contributed by atoms with Crippen LogP contribution in [0.1, 0.15) is 22.7 Å². The molecule has 4 N–H and O–H groups in total. The van der Waals surface area contributed by atoms with Crippen LogP contribution in [-0.4, -0.2) is 22.8 Å². The summed E-state index contributed by atoms with van der Waals surface area (Å²) in [6.45, 7) is -0.0324. The lowest BCUT2D eigenvalue weighted by atomic mass is 9.98. The largest absolute Gasteiger partial charge is 0.489 e. The summed E-state index contributed by atoms with van der Waals surface area (Å²) >= 11 is 0. The van der Waals surface area contributed by atoms with Gasteiger partial charge in [-0.05, 0) is 41.0 Å². The molecule has 0 aromatic heterocycles. The lowest BCUT2D eigenvalue weighted by Gasteiger charge is -2.13. The number of aliphatic hydroxyl groups is 1. The number of rotatable bonds is 8. The molecule has 0 aliphatic rings. The number of benzene rings is 3. The second-order valence-corrected chi connectivity index (χ2v) is 6.70. The van der Waals surface area contributed by atoms with E-state index in [1.807, 2.05) is 0 Å². The van der Waals surface area contributed by atoms with Crippen molar-refractivity contribution in [2.24, 2.45) is 5.73 Å². The molecule has 0 fully saturated rings. The Kier molecular flexibility index (Phi) is 6.59. The van der Waals surface area contributed by atoms with Gasteiger partial charge >= 0.3 is 5.97 Å². The van der Waals surface area contributed by atoms with Crippen LogP contribution >= 0.6 is 0 Å². The van der Waals surface area contributed by atoms with Crippen molar-refractivity contribution in [3.8, 4) is 16.9 Å². The fourth-order valence-corrected chi connectivity index (χ4v) is 3.04. The summed E-state index contributed by atoms with van der Waals surface area (Å²) in [5, 5.41) is 18.3. The first-order valence-corrected chi connectivity index (χ1v) is 9.15. The molecular formula is C23H22FNO4. The van der Waals surface area contributed by atoms with Gasteiger partial charge in [-0.1, -0.05) is 42.5 Å². The number of aliphatic carboxylic acids is 1. The number of nitrogens with two attached hydrogens (primary N) is 1. The fraction of sp³-hybridized carbons (Fsp3) is 0.174. The van der Waals surface area contributed by atoms with E-state index in [-0.39, 0.29) is 25.5 Å². The lowest BCUT2D eigenvalue weighted by molar-refractivity contribution is -0.136. The minimum Gasteiger partial charge on any atom is -0.489 e. The maximum atomic E-state index is 14.5. The van der Waals surface area contributed by atoms with Crippen LogP contribution in [0.5, 0.6) is 5.75 Å². The van der Waals surface area contributed by atoms with Gasteiger partial charge in [0.2, 0.25) is 0 Å². The number of hydrogen-bond donors (Lipinski definition) is 3. The highest BCUT2D eigenvalue weighted by Crippen LogP contribution is 2.27. The van der Waals surface area contributed by atoms with Crippen LogP contribution in [0.2, 0.25) is 0 Å². The van der Waals surface area contributed by atoms with E-state index >= 15 is 0 Å². The number of carbonyl (C=O) groups is 1. The molecule has 0 aliphatic carbocycles. The van der Waals surface area contributed by atoms with Gasteiger partial charge in [0.25, 0.3) is 0 Å². The molecule has 0 aliphatic heterocycles. The average molecular weight is 395 g/mol. The zero-order valence-corrected chi connectivity index (χ0v) is 15.7. The Balaban J connectivity index is 1.83. The molecule has 0 bridgehead atoms. The first kappa shape index (κ1) is 20.5. The van der Waals surface area contributed by atoms with E-state index in [9.17, 15) is 14.3 Å². The Labute approximate surface area is 168 Å². The summed E-state index contributed by atoms with van der Waals surface area (Å²) < 4.78 is 20.2. The number of para-hydroxylation sites is 1. The van der Waals surface area contributed by atoms with Gasteiger partial charge in [-0.3, -0.25) is 4.79 Å². The summed E-state index contributed by atoms with van der Waals surface area (Å²) in [5.74, 6) is -0.836. The van der Waals surface area contributed by atoms with E-state index in [2.05, 4.69) is 0 Å². The third-order valence-corrected chi connectivity index (χ3v) is 4.56. The van der Waals surface area contributed by atoms with Crippen molar-refractivity contribution in [1.82, 2.24) is 0 Å². The summed E-state index contributed by atoms with van der Waals surface area (Å²) in [6.07, 6.45) is -0.136. The number of hydrogen-bond acceptors (Lipinski definition) is 4. The number of carboxylic acids is 1. The van der Waals surface area contributed by atoms with Gasteiger partial charge in [0, 0.05) is 11.1 Å². The Morgan fingerprint density at radius 1 is 1.07 bits per heavy atom. The van der Waals surface area contributed by atoms with Crippen LogP contribution in [0.4, 0.5) is 4.39 Å². The van der Waals surface area contributed by atoms with Gasteiger partial charge in [-0.15, -0.1) is 0 Å². The van der Waals surface area contributed by atoms with Crippen LogP contribution in [0.15, 0.2) is 66.7 Å². The zero-order chi connectivity index (χ0) is 20.8. The first-order valence-electron chi connectivity index (χ1n) is 9.15. The molecule has 150 valence electrons. The molecule has 3 rings (SSSR count). The predicted octanol–water partition coefficient (Wildman–Crippen LogP) is 3.69. The minimum absolute atomic E-state index is 0.136.